The zero-order chi connectivity index (χ0) is 12.4. The average Bonchev–Trinajstić information content (AvgIpc) is 2.15. The van der Waals surface area contributed by atoms with E-state index in [-0.39, 0.29) is 13.2 Å². The van der Waals surface area contributed by atoms with Crippen LogP contribution in [0.3, 0.4) is 0 Å². The van der Waals surface area contributed by atoms with Gasteiger partial charge in [-0.3, -0.25) is 4.79 Å². The van der Waals surface area contributed by atoms with E-state index in [1.165, 1.54) is 0 Å². The number of amides is 1. The maximum absolute atomic E-state index is 11.7. The fraction of sp³-hybridized carbons (Fsp3) is 0.889. The monoisotopic (exact) mass is 242 g/mol. The fourth-order valence-electron chi connectivity index (χ4n) is 1.02. The molecule has 7 heteroatoms. The Hall–Kier alpha value is -0.820. The number of hydrogen-bond acceptors (Lipinski definition) is 3. The number of hydrogen-bond donors (Lipinski definition) is 3. The first kappa shape index (κ1) is 15.2. The number of halogens is 3. The van der Waals surface area contributed by atoms with Gasteiger partial charge in [0.05, 0.1) is 13.1 Å². The number of aliphatic hydroxyl groups excluding tert-OH is 1. The summed E-state index contributed by atoms with van der Waals surface area (Å²) >= 11 is 0. The third kappa shape index (κ3) is 11.3. The van der Waals surface area contributed by atoms with Gasteiger partial charge in [0, 0.05) is 13.2 Å². The summed E-state index contributed by atoms with van der Waals surface area (Å²) in [7, 11) is 0. The van der Waals surface area contributed by atoms with Gasteiger partial charge < -0.3 is 15.7 Å². The minimum atomic E-state index is -4.29. The van der Waals surface area contributed by atoms with E-state index in [0.717, 1.165) is 6.42 Å². The van der Waals surface area contributed by atoms with Crippen molar-refractivity contribution in [1.29, 1.82) is 0 Å². The lowest BCUT2D eigenvalue weighted by Gasteiger charge is -2.08. The van der Waals surface area contributed by atoms with Crippen LogP contribution in [-0.4, -0.2) is 43.4 Å². The quantitative estimate of drug-likeness (QED) is 0.540. The molecule has 0 aliphatic carbocycles. The average molecular weight is 242 g/mol. The smallest absolute Gasteiger partial charge is 0.396 e. The summed E-state index contributed by atoms with van der Waals surface area (Å²) in [6.45, 7) is -0.960. The van der Waals surface area contributed by atoms with Gasteiger partial charge >= 0.3 is 6.18 Å². The van der Waals surface area contributed by atoms with E-state index in [2.05, 4.69) is 5.32 Å². The minimum absolute atomic E-state index is 0.112. The summed E-state index contributed by atoms with van der Waals surface area (Å²) in [5, 5.41) is 12.9. The van der Waals surface area contributed by atoms with Gasteiger partial charge in [0.15, 0.2) is 0 Å². The van der Waals surface area contributed by atoms with Crippen LogP contribution in [0.1, 0.15) is 19.3 Å². The molecule has 0 spiro atoms. The third-order valence-corrected chi connectivity index (χ3v) is 1.77. The van der Waals surface area contributed by atoms with Crippen LogP contribution in [0.25, 0.3) is 0 Å². The van der Waals surface area contributed by atoms with Crippen LogP contribution in [0.5, 0.6) is 0 Å². The highest BCUT2D eigenvalue weighted by Gasteiger charge is 2.26. The van der Waals surface area contributed by atoms with Gasteiger partial charge in [-0.05, 0) is 19.3 Å². The van der Waals surface area contributed by atoms with Crippen molar-refractivity contribution in [3.8, 4) is 0 Å². The zero-order valence-electron chi connectivity index (χ0n) is 8.94. The molecule has 0 radical (unpaired) electrons. The van der Waals surface area contributed by atoms with Crippen LogP contribution < -0.4 is 10.6 Å². The molecule has 4 nitrogen and oxygen atoms in total. The second-order valence-corrected chi connectivity index (χ2v) is 3.35. The number of unbranched alkanes of at least 4 members (excludes halogenated alkanes) is 2. The van der Waals surface area contributed by atoms with Crippen LogP contribution in [0, 0.1) is 0 Å². The predicted octanol–water partition coefficient (Wildman–Crippen LogP) is 0.417. The highest BCUT2D eigenvalue weighted by Crippen LogP contribution is 2.11. The van der Waals surface area contributed by atoms with Crippen molar-refractivity contribution in [3.05, 3.63) is 0 Å². The normalized spacial score (nSPS) is 11.5. The molecule has 0 aromatic rings. The standard InChI is InChI=1S/C9H17F3N2O2/c10-9(11,12)7-13-6-8(16)14-4-2-1-3-5-15/h13,15H,1-7H2,(H,14,16). The number of nitrogens with one attached hydrogen (secondary N) is 2. The van der Waals surface area contributed by atoms with Crippen molar-refractivity contribution < 1.29 is 23.1 Å². The van der Waals surface area contributed by atoms with Crippen molar-refractivity contribution in [2.24, 2.45) is 0 Å². The number of carbonyl (C=O) groups is 1. The molecule has 0 aromatic heterocycles. The Morgan fingerprint density at radius 3 is 2.44 bits per heavy atom. The van der Waals surface area contributed by atoms with Gasteiger partial charge in [0.25, 0.3) is 0 Å². The van der Waals surface area contributed by atoms with E-state index in [9.17, 15) is 18.0 Å². The first-order chi connectivity index (χ1) is 7.45. The van der Waals surface area contributed by atoms with Gasteiger partial charge in [-0.25, -0.2) is 0 Å². The van der Waals surface area contributed by atoms with Gasteiger partial charge in [0.1, 0.15) is 0 Å². The number of alkyl halides is 3. The molecule has 0 bridgehead atoms. The van der Waals surface area contributed by atoms with Crippen molar-refractivity contribution in [2.45, 2.75) is 25.4 Å². The molecule has 0 heterocycles. The largest absolute Gasteiger partial charge is 0.401 e. The molecule has 1 amide bonds. The summed E-state index contributed by atoms with van der Waals surface area (Å²) < 4.78 is 35.0. The Balaban J connectivity index is 3.32. The van der Waals surface area contributed by atoms with E-state index in [1.807, 2.05) is 5.32 Å². The highest BCUT2D eigenvalue weighted by atomic mass is 19.4. The number of carbonyl (C=O) groups excluding carboxylic acids is 1. The summed E-state index contributed by atoms with van der Waals surface area (Å²) in [5.41, 5.74) is 0. The van der Waals surface area contributed by atoms with Gasteiger partial charge in [-0.1, -0.05) is 0 Å². The molecular formula is C9H17F3N2O2. The van der Waals surface area contributed by atoms with Crippen molar-refractivity contribution in [3.63, 3.8) is 0 Å². The molecule has 0 saturated carbocycles. The minimum Gasteiger partial charge on any atom is -0.396 e. The van der Waals surface area contributed by atoms with Crippen molar-refractivity contribution >= 4 is 5.91 Å². The van der Waals surface area contributed by atoms with Gasteiger partial charge in [-0.15, -0.1) is 0 Å². The zero-order valence-corrected chi connectivity index (χ0v) is 8.94. The molecule has 0 aromatic carbocycles. The Morgan fingerprint density at radius 1 is 1.19 bits per heavy atom. The van der Waals surface area contributed by atoms with E-state index >= 15 is 0 Å². The van der Waals surface area contributed by atoms with E-state index in [0.29, 0.717) is 19.4 Å². The van der Waals surface area contributed by atoms with Gasteiger partial charge in [0.2, 0.25) is 5.91 Å². The molecule has 16 heavy (non-hydrogen) atoms. The van der Waals surface area contributed by atoms with Crippen molar-refractivity contribution in [1.82, 2.24) is 10.6 Å². The van der Waals surface area contributed by atoms with Crippen molar-refractivity contribution in [2.75, 3.05) is 26.2 Å². The van der Waals surface area contributed by atoms with Crippen LogP contribution >= 0.6 is 0 Å². The third-order valence-electron chi connectivity index (χ3n) is 1.77. The lowest BCUT2D eigenvalue weighted by molar-refractivity contribution is -0.128. The molecule has 0 fully saturated rings. The Bertz CT molecular complexity index is 198. The molecule has 0 rings (SSSR count). The van der Waals surface area contributed by atoms with Crippen LogP contribution in [0.2, 0.25) is 0 Å². The maximum Gasteiger partial charge on any atom is 0.401 e. The summed E-state index contributed by atoms with van der Waals surface area (Å²) in [6, 6.07) is 0. The fourth-order valence-corrected chi connectivity index (χ4v) is 1.02. The highest BCUT2D eigenvalue weighted by molar-refractivity contribution is 5.77. The molecule has 0 aliphatic rings. The van der Waals surface area contributed by atoms with Crippen LogP contribution in [0.4, 0.5) is 13.2 Å². The molecule has 0 unspecified atom stereocenters. The summed E-state index contributed by atoms with van der Waals surface area (Å²) in [4.78, 5) is 11.0. The second-order valence-electron chi connectivity index (χ2n) is 3.35. The SMILES string of the molecule is O=C(CNCC(F)(F)F)NCCCCCO. The lowest BCUT2D eigenvalue weighted by Crippen LogP contribution is -2.38. The number of aliphatic hydroxyl groups is 1. The summed E-state index contributed by atoms with van der Waals surface area (Å²) in [5.74, 6) is -0.451. The predicted molar refractivity (Wildman–Crippen MR) is 52.9 cm³/mol. The molecular weight excluding hydrogens is 225 g/mol. The van der Waals surface area contributed by atoms with E-state index < -0.39 is 18.6 Å². The number of rotatable bonds is 8. The van der Waals surface area contributed by atoms with Crippen LogP contribution in [-0.2, 0) is 4.79 Å². The maximum atomic E-state index is 11.7. The Morgan fingerprint density at radius 2 is 1.88 bits per heavy atom. The first-order valence-electron chi connectivity index (χ1n) is 5.11. The van der Waals surface area contributed by atoms with E-state index in [1.54, 1.807) is 0 Å². The molecule has 0 saturated heterocycles. The Kier molecular flexibility index (Phi) is 7.92. The molecule has 3 N–H and O–H groups in total. The molecule has 96 valence electrons. The van der Waals surface area contributed by atoms with Crippen LogP contribution in [0.15, 0.2) is 0 Å². The first-order valence-corrected chi connectivity index (χ1v) is 5.11. The topological polar surface area (TPSA) is 61.4 Å². The Labute approximate surface area is 92.2 Å². The lowest BCUT2D eigenvalue weighted by atomic mass is 10.2. The molecule has 0 atom stereocenters. The summed E-state index contributed by atoms with van der Waals surface area (Å²) in [6.07, 6.45) is -2.12. The molecule has 0 aliphatic heterocycles. The second kappa shape index (κ2) is 8.35. The van der Waals surface area contributed by atoms with E-state index in [4.69, 9.17) is 5.11 Å². The van der Waals surface area contributed by atoms with Gasteiger partial charge in [-0.2, -0.15) is 13.2 Å².